The summed E-state index contributed by atoms with van der Waals surface area (Å²) in [6.07, 6.45) is 7.91. The van der Waals surface area contributed by atoms with Crippen LogP contribution < -0.4 is 5.56 Å². The Hall–Kier alpha value is -3.27. The van der Waals surface area contributed by atoms with Crippen molar-refractivity contribution in [1.29, 1.82) is 0 Å². The van der Waals surface area contributed by atoms with E-state index in [9.17, 15) is 9.59 Å². The van der Waals surface area contributed by atoms with Gasteiger partial charge in [0.05, 0.1) is 5.56 Å². The second-order valence-electron chi connectivity index (χ2n) is 4.95. The van der Waals surface area contributed by atoms with Crippen LogP contribution in [0, 0.1) is 0 Å². The van der Waals surface area contributed by atoms with Gasteiger partial charge in [-0.3, -0.25) is 14.6 Å². The molecule has 0 saturated heterocycles. The molecule has 0 aliphatic rings. The van der Waals surface area contributed by atoms with Gasteiger partial charge in [0.25, 0.3) is 5.56 Å². The number of nitrogens with one attached hydrogen (secondary N) is 1. The summed E-state index contributed by atoms with van der Waals surface area (Å²) in [6.45, 7) is 0. The van der Waals surface area contributed by atoms with E-state index in [-0.39, 0.29) is 11.3 Å². The zero-order valence-corrected chi connectivity index (χ0v) is 12.3. The van der Waals surface area contributed by atoms with Crippen molar-refractivity contribution in [3.63, 3.8) is 0 Å². The van der Waals surface area contributed by atoms with Crippen LogP contribution in [0.5, 0.6) is 0 Å². The molecule has 0 aliphatic carbocycles. The summed E-state index contributed by atoms with van der Waals surface area (Å²) >= 11 is 0. The standard InChI is InChI=1S/C19H14N2O2/c22-17(9-8-14-5-4-11-20-13-14)18-16(10-12-21-19(18)23)15-6-2-1-3-7-15/h1-13H,(H,21,23)/b9-8+. The number of nitrogens with zero attached hydrogens (tertiary/aromatic N) is 1. The maximum absolute atomic E-state index is 12.5. The Balaban J connectivity index is 2.01. The first-order chi connectivity index (χ1) is 11.3. The van der Waals surface area contributed by atoms with E-state index in [0.29, 0.717) is 5.56 Å². The van der Waals surface area contributed by atoms with E-state index in [2.05, 4.69) is 9.97 Å². The maximum atomic E-state index is 12.5. The topological polar surface area (TPSA) is 62.8 Å². The highest BCUT2D eigenvalue weighted by Gasteiger charge is 2.14. The molecule has 112 valence electrons. The summed E-state index contributed by atoms with van der Waals surface area (Å²) < 4.78 is 0. The third kappa shape index (κ3) is 3.32. The van der Waals surface area contributed by atoms with Crippen molar-refractivity contribution in [2.45, 2.75) is 0 Å². The van der Waals surface area contributed by atoms with E-state index < -0.39 is 5.56 Å². The molecule has 1 aromatic carbocycles. The molecule has 1 N–H and O–H groups in total. The monoisotopic (exact) mass is 302 g/mol. The van der Waals surface area contributed by atoms with Crippen LogP contribution in [-0.4, -0.2) is 15.8 Å². The molecule has 4 heteroatoms. The number of benzene rings is 1. The van der Waals surface area contributed by atoms with Gasteiger partial charge in [-0.2, -0.15) is 0 Å². The number of aromatic nitrogens is 2. The number of carbonyl (C=O) groups is 1. The Bertz CT molecular complexity index is 897. The SMILES string of the molecule is O=C(/C=C/c1cccnc1)c1c(-c2ccccc2)cc[nH]c1=O. The fourth-order valence-electron chi connectivity index (χ4n) is 2.31. The van der Waals surface area contributed by atoms with Crippen LogP contribution in [0.25, 0.3) is 17.2 Å². The van der Waals surface area contributed by atoms with Crippen LogP contribution in [0.15, 0.2) is 78.0 Å². The third-order valence-corrected chi connectivity index (χ3v) is 3.40. The first-order valence-electron chi connectivity index (χ1n) is 7.15. The fraction of sp³-hybridized carbons (Fsp3) is 0. The molecule has 2 aromatic heterocycles. The second-order valence-corrected chi connectivity index (χ2v) is 4.95. The maximum Gasteiger partial charge on any atom is 0.259 e. The van der Waals surface area contributed by atoms with Gasteiger partial charge < -0.3 is 4.98 Å². The van der Waals surface area contributed by atoms with Crippen molar-refractivity contribution >= 4 is 11.9 Å². The van der Waals surface area contributed by atoms with E-state index in [1.54, 1.807) is 36.8 Å². The van der Waals surface area contributed by atoms with E-state index in [1.807, 2.05) is 36.4 Å². The normalized spacial score (nSPS) is 10.8. The molecule has 3 aromatic rings. The zero-order valence-electron chi connectivity index (χ0n) is 12.3. The van der Waals surface area contributed by atoms with Crippen LogP contribution >= 0.6 is 0 Å². The molecule has 0 saturated carbocycles. The minimum atomic E-state index is -0.396. The number of rotatable bonds is 4. The summed E-state index contributed by atoms with van der Waals surface area (Å²) in [5, 5.41) is 0. The number of ketones is 1. The van der Waals surface area contributed by atoms with Crippen molar-refractivity contribution in [3.05, 3.63) is 94.7 Å². The predicted molar refractivity (Wildman–Crippen MR) is 90.1 cm³/mol. The van der Waals surface area contributed by atoms with Crippen LogP contribution in [0.2, 0.25) is 0 Å². The molecule has 0 atom stereocenters. The highest BCUT2D eigenvalue weighted by molar-refractivity contribution is 6.10. The van der Waals surface area contributed by atoms with Crippen LogP contribution in [0.1, 0.15) is 15.9 Å². The fourth-order valence-corrected chi connectivity index (χ4v) is 2.31. The Morgan fingerprint density at radius 2 is 1.87 bits per heavy atom. The Morgan fingerprint density at radius 1 is 1.04 bits per heavy atom. The van der Waals surface area contributed by atoms with Gasteiger partial charge in [-0.1, -0.05) is 36.4 Å². The molecule has 0 unspecified atom stereocenters. The van der Waals surface area contributed by atoms with Crippen LogP contribution in [0.4, 0.5) is 0 Å². The lowest BCUT2D eigenvalue weighted by Crippen LogP contribution is -2.17. The predicted octanol–water partition coefficient (Wildman–Crippen LogP) is 3.33. The molecule has 0 amide bonds. The zero-order chi connectivity index (χ0) is 16.1. The van der Waals surface area contributed by atoms with Crippen molar-refractivity contribution in [2.75, 3.05) is 0 Å². The van der Waals surface area contributed by atoms with Crippen LogP contribution in [-0.2, 0) is 0 Å². The third-order valence-electron chi connectivity index (χ3n) is 3.40. The molecule has 0 fully saturated rings. The number of pyridine rings is 2. The lowest BCUT2D eigenvalue weighted by Gasteiger charge is -2.06. The summed E-state index contributed by atoms with van der Waals surface area (Å²) in [6, 6.07) is 14.7. The summed E-state index contributed by atoms with van der Waals surface area (Å²) in [4.78, 5) is 31.2. The van der Waals surface area contributed by atoms with Crippen LogP contribution in [0.3, 0.4) is 0 Å². The minimum absolute atomic E-state index is 0.138. The van der Waals surface area contributed by atoms with Gasteiger partial charge in [0, 0.05) is 18.6 Å². The van der Waals surface area contributed by atoms with E-state index in [0.717, 1.165) is 11.1 Å². The number of aromatic amines is 1. The number of carbonyl (C=O) groups excluding carboxylic acids is 1. The van der Waals surface area contributed by atoms with Crippen molar-refractivity contribution in [3.8, 4) is 11.1 Å². The first-order valence-corrected chi connectivity index (χ1v) is 7.15. The van der Waals surface area contributed by atoms with Gasteiger partial charge in [-0.15, -0.1) is 0 Å². The highest BCUT2D eigenvalue weighted by atomic mass is 16.1. The second kappa shape index (κ2) is 6.66. The quantitative estimate of drug-likeness (QED) is 0.594. The van der Waals surface area contributed by atoms with Crippen molar-refractivity contribution in [1.82, 2.24) is 9.97 Å². The van der Waals surface area contributed by atoms with Gasteiger partial charge in [0.15, 0.2) is 5.78 Å². The Morgan fingerprint density at radius 3 is 2.61 bits per heavy atom. The lowest BCUT2D eigenvalue weighted by atomic mass is 9.98. The first kappa shape index (κ1) is 14.7. The summed E-state index contributed by atoms with van der Waals surface area (Å²) in [7, 11) is 0. The molecule has 2 heterocycles. The van der Waals surface area contributed by atoms with Gasteiger partial charge in [0.2, 0.25) is 0 Å². The van der Waals surface area contributed by atoms with E-state index in [4.69, 9.17) is 0 Å². The Labute approximate surface area is 133 Å². The molecular formula is C19H14N2O2. The molecule has 23 heavy (non-hydrogen) atoms. The van der Waals surface area contributed by atoms with Crippen molar-refractivity contribution < 1.29 is 4.79 Å². The summed E-state index contributed by atoms with van der Waals surface area (Å²) in [5.41, 5.74) is 1.99. The van der Waals surface area contributed by atoms with Crippen molar-refractivity contribution in [2.24, 2.45) is 0 Å². The molecule has 0 spiro atoms. The molecule has 4 nitrogen and oxygen atoms in total. The molecule has 3 rings (SSSR count). The van der Waals surface area contributed by atoms with E-state index >= 15 is 0 Å². The molecule has 0 radical (unpaired) electrons. The molecular weight excluding hydrogens is 288 g/mol. The largest absolute Gasteiger partial charge is 0.328 e. The van der Waals surface area contributed by atoms with Gasteiger partial charge in [-0.25, -0.2) is 0 Å². The lowest BCUT2D eigenvalue weighted by molar-refractivity contribution is 0.104. The van der Waals surface area contributed by atoms with Gasteiger partial charge in [-0.05, 0) is 41.0 Å². The summed E-state index contributed by atoms with van der Waals surface area (Å²) in [5.74, 6) is -0.338. The number of allylic oxidation sites excluding steroid dienone is 1. The number of H-pyrrole nitrogens is 1. The average molecular weight is 302 g/mol. The van der Waals surface area contributed by atoms with Gasteiger partial charge in [0.1, 0.15) is 0 Å². The molecule has 0 aliphatic heterocycles. The number of hydrogen-bond acceptors (Lipinski definition) is 3. The minimum Gasteiger partial charge on any atom is -0.328 e. The number of hydrogen-bond donors (Lipinski definition) is 1. The highest BCUT2D eigenvalue weighted by Crippen LogP contribution is 2.21. The smallest absolute Gasteiger partial charge is 0.259 e. The van der Waals surface area contributed by atoms with E-state index in [1.165, 1.54) is 6.08 Å². The Kier molecular flexibility index (Phi) is 4.25. The molecule has 0 bridgehead atoms. The average Bonchev–Trinajstić information content (AvgIpc) is 2.61. The van der Waals surface area contributed by atoms with Gasteiger partial charge >= 0.3 is 0 Å².